The van der Waals surface area contributed by atoms with Crippen LogP contribution >= 0.6 is 0 Å². The van der Waals surface area contributed by atoms with E-state index in [1.807, 2.05) is 30.1 Å². The SMILES string of the molecule is Cc1cnn(CC2CN(Cc3ccc(C#N)cc3F)C2)c1. The van der Waals surface area contributed by atoms with E-state index >= 15 is 0 Å². The topological polar surface area (TPSA) is 44.9 Å². The summed E-state index contributed by atoms with van der Waals surface area (Å²) in [5.41, 5.74) is 2.19. The highest BCUT2D eigenvalue weighted by atomic mass is 19.1. The van der Waals surface area contributed by atoms with Crippen molar-refractivity contribution in [3.05, 3.63) is 53.1 Å². The molecule has 0 aliphatic carbocycles. The molecule has 0 atom stereocenters. The predicted octanol–water partition coefficient (Wildman–Crippen LogP) is 2.33. The van der Waals surface area contributed by atoms with E-state index in [0.29, 0.717) is 23.6 Å². The van der Waals surface area contributed by atoms with Crippen LogP contribution in [0.2, 0.25) is 0 Å². The summed E-state index contributed by atoms with van der Waals surface area (Å²) < 4.78 is 15.8. The zero-order valence-electron chi connectivity index (χ0n) is 12.0. The van der Waals surface area contributed by atoms with Crippen molar-refractivity contribution in [1.82, 2.24) is 14.7 Å². The van der Waals surface area contributed by atoms with Gasteiger partial charge in [-0.1, -0.05) is 6.07 Å². The van der Waals surface area contributed by atoms with Crippen LogP contribution < -0.4 is 0 Å². The molecule has 1 aliphatic heterocycles. The largest absolute Gasteiger partial charge is 0.298 e. The second-order valence-electron chi connectivity index (χ2n) is 5.72. The molecule has 1 saturated heterocycles. The lowest BCUT2D eigenvalue weighted by atomic mass is 9.99. The average Bonchev–Trinajstić information content (AvgIpc) is 2.83. The molecule has 0 N–H and O–H groups in total. The van der Waals surface area contributed by atoms with Crippen LogP contribution in [0.15, 0.2) is 30.6 Å². The zero-order valence-corrected chi connectivity index (χ0v) is 12.0. The number of nitriles is 1. The second-order valence-corrected chi connectivity index (χ2v) is 5.72. The molecule has 3 rings (SSSR count). The Kier molecular flexibility index (Phi) is 3.72. The molecule has 0 amide bonds. The summed E-state index contributed by atoms with van der Waals surface area (Å²) in [6, 6.07) is 6.63. The third-order valence-corrected chi connectivity index (χ3v) is 3.82. The van der Waals surface area contributed by atoms with Gasteiger partial charge in [0.2, 0.25) is 0 Å². The van der Waals surface area contributed by atoms with Gasteiger partial charge in [-0.3, -0.25) is 9.58 Å². The second kappa shape index (κ2) is 5.66. The molecule has 4 nitrogen and oxygen atoms in total. The van der Waals surface area contributed by atoms with E-state index in [9.17, 15) is 4.39 Å². The summed E-state index contributed by atoms with van der Waals surface area (Å²) in [6.45, 7) is 5.47. The fourth-order valence-electron chi connectivity index (χ4n) is 2.74. The molecule has 2 heterocycles. The van der Waals surface area contributed by atoms with E-state index in [1.54, 1.807) is 12.1 Å². The fraction of sp³-hybridized carbons (Fsp3) is 0.375. The van der Waals surface area contributed by atoms with Crippen molar-refractivity contribution in [3.63, 3.8) is 0 Å². The highest BCUT2D eigenvalue weighted by Crippen LogP contribution is 2.21. The number of nitrogens with zero attached hydrogens (tertiary/aromatic N) is 4. The highest BCUT2D eigenvalue weighted by Gasteiger charge is 2.27. The maximum absolute atomic E-state index is 13.8. The summed E-state index contributed by atoms with van der Waals surface area (Å²) in [7, 11) is 0. The quantitative estimate of drug-likeness (QED) is 0.865. The van der Waals surface area contributed by atoms with E-state index in [4.69, 9.17) is 5.26 Å². The van der Waals surface area contributed by atoms with Gasteiger partial charge in [0.25, 0.3) is 0 Å². The Morgan fingerprint density at radius 3 is 2.86 bits per heavy atom. The van der Waals surface area contributed by atoms with Crippen molar-refractivity contribution in [2.75, 3.05) is 13.1 Å². The molecule has 0 bridgehead atoms. The molecule has 21 heavy (non-hydrogen) atoms. The van der Waals surface area contributed by atoms with Crippen molar-refractivity contribution < 1.29 is 4.39 Å². The lowest BCUT2D eigenvalue weighted by molar-refractivity contribution is 0.0766. The minimum absolute atomic E-state index is 0.291. The number of hydrogen-bond donors (Lipinski definition) is 0. The van der Waals surface area contributed by atoms with E-state index in [-0.39, 0.29) is 5.82 Å². The van der Waals surface area contributed by atoms with Crippen molar-refractivity contribution >= 4 is 0 Å². The van der Waals surface area contributed by atoms with Crippen LogP contribution in [-0.2, 0) is 13.1 Å². The molecule has 1 aromatic heterocycles. The zero-order chi connectivity index (χ0) is 14.8. The van der Waals surface area contributed by atoms with Crippen molar-refractivity contribution in [3.8, 4) is 6.07 Å². The maximum Gasteiger partial charge on any atom is 0.129 e. The minimum atomic E-state index is -0.291. The average molecular weight is 284 g/mol. The highest BCUT2D eigenvalue weighted by molar-refractivity contribution is 5.32. The van der Waals surface area contributed by atoms with Crippen LogP contribution in [-0.4, -0.2) is 27.8 Å². The molecule has 1 fully saturated rings. The van der Waals surface area contributed by atoms with E-state index in [0.717, 1.165) is 19.6 Å². The van der Waals surface area contributed by atoms with Crippen LogP contribution in [0.4, 0.5) is 4.39 Å². The lowest BCUT2D eigenvalue weighted by Gasteiger charge is -2.39. The molecular weight excluding hydrogens is 267 g/mol. The Hall–Kier alpha value is -2.19. The molecule has 0 unspecified atom stereocenters. The van der Waals surface area contributed by atoms with E-state index in [1.165, 1.54) is 11.6 Å². The number of rotatable bonds is 4. The van der Waals surface area contributed by atoms with Crippen molar-refractivity contribution in [2.45, 2.75) is 20.0 Å². The van der Waals surface area contributed by atoms with Crippen molar-refractivity contribution in [2.24, 2.45) is 5.92 Å². The first-order valence-electron chi connectivity index (χ1n) is 7.04. The van der Waals surface area contributed by atoms with E-state index in [2.05, 4.69) is 10.00 Å². The van der Waals surface area contributed by atoms with Gasteiger partial charge in [0.1, 0.15) is 5.82 Å². The first-order valence-corrected chi connectivity index (χ1v) is 7.04. The van der Waals surface area contributed by atoms with Gasteiger partial charge in [-0.25, -0.2) is 4.39 Å². The molecule has 0 radical (unpaired) electrons. The first-order chi connectivity index (χ1) is 10.1. The van der Waals surface area contributed by atoms with Gasteiger partial charge in [-0.15, -0.1) is 0 Å². The van der Waals surface area contributed by atoms with Gasteiger partial charge in [0, 0.05) is 43.9 Å². The number of aryl methyl sites for hydroxylation is 1. The standard InChI is InChI=1S/C16H17FN4/c1-12-6-19-21(7-12)10-14-8-20(9-14)11-15-3-2-13(5-18)4-16(15)17/h2-4,6-7,14H,8-11H2,1H3. The molecule has 5 heteroatoms. The molecule has 2 aromatic rings. The Morgan fingerprint density at radius 1 is 1.43 bits per heavy atom. The number of halogens is 1. The number of hydrogen-bond acceptors (Lipinski definition) is 3. The first kappa shape index (κ1) is 13.8. The summed E-state index contributed by atoms with van der Waals surface area (Å²) in [5.74, 6) is 0.283. The summed E-state index contributed by atoms with van der Waals surface area (Å²) in [6.07, 6.45) is 3.91. The molecule has 1 aromatic carbocycles. The Labute approximate surface area is 123 Å². The van der Waals surface area contributed by atoms with Crippen LogP contribution in [0.3, 0.4) is 0 Å². The molecule has 0 spiro atoms. The van der Waals surface area contributed by atoms with Crippen LogP contribution in [0.5, 0.6) is 0 Å². The summed E-state index contributed by atoms with van der Waals surface area (Å²) in [4.78, 5) is 2.21. The molecule has 108 valence electrons. The monoisotopic (exact) mass is 284 g/mol. The lowest BCUT2D eigenvalue weighted by Crippen LogP contribution is -2.47. The summed E-state index contributed by atoms with van der Waals surface area (Å²) >= 11 is 0. The van der Waals surface area contributed by atoms with Gasteiger partial charge >= 0.3 is 0 Å². The van der Waals surface area contributed by atoms with Crippen molar-refractivity contribution in [1.29, 1.82) is 5.26 Å². The Balaban J connectivity index is 1.52. The van der Waals surface area contributed by atoms with Gasteiger partial charge in [0.15, 0.2) is 0 Å². The smallest absolute Gasteiger partial charge is 0.129 e. The van der Waals surface area contributed by atoms with E-state index < -0.39 is 0 Å². The Bertz CT molecular complexity index is 680. The number of aromatic nitrogens is 2. The number of benzene rings is 1. The minimum Gasteiger partial charge on any atom is -0.298 e. The Morgan fingerprint density at radius 2 is 2.24 bits per heavy atom. The van der Waals surface area contributed by atoms with Gasteiger partial charge in [-0.2, -0.15) is 10.4 Å². The van der Waals surface area contributed by atoms with Crippen LogP contribution in [0, 0.1) is 30.0 Å². The van der Waals surface area contributed by atoms with Crippen LogP contribution in [0.25, 0.3) is 0 Å². The summed E-state index contributed by atoms with van der Waals surface area (Å²) in [5, 5.41) is 13.0. The molecule has 0 saturated carbocycles. The molecular formula is C16H17FN4. The normalized spacial score (nSPS) is 15.7. The fourth-order valence-corrected chi connectivity index (χ4v) is 2.74. The van der Waals surface area contributed by atoms with Gasteiger partial charge < -0.3 is 0 Å². The van der Waals surface area contributed by atoms with Crippen LogP contribution in [0.1, 0.15) is 16.7 Å². The predicted molar refractivity (Wildman–Crippen MR) is 76.8 cm³/mol. The van der Waals surface area contributed by atoms with Gasteiger partial charge in [0.05, 0.1) is 17.8 Å². The maximum atomic E-state index is 13.8. The number of likely N-dealkylation sites (tertiary alicyclic amines) is 1. The van der Waals surface area contributed by atoms with Gasteiger partial charge in [-0.05, 0) is 24.6 Å². The molecule has 1 aliphatic rings. The third kappa shape index (κ3) is 3.11. The third-order valence-electron chi connectivity index (χ3n) is 3.82.